The molecule has 2 amide bonds. The topological polar surface area (TPSA) is 113 Å². The first-order valence-corrected chi connectivity index (χ1v) is 9.22. The minimum absolute atomic E-state index is 0.0704. The molecule has 154 valence electrons. The van der Waals surface area contributed by atoms with Crippen LogP contribution in [-0.2, 0) is 16.1 Å². The molecule has 0 aromatic heterocycles. The Morgan fingerprint density at radius 3 is 2.32 bits per heavy atom. The first-order valence-electron chi connectivity index (χ1n) is 9.22. The minimum atomic E-state index is -1.30. The smallest absolute Gasteiger partial charge is 0.481 e. The van der Waals surface area contributed by atoms with E-state index in [4.69, 9.17) is 4.74 Å². The summed E-state index contributed by atoms with van der Waals surface area (Å²) in [5.74, 6) is -1.08. The van der Waals surface area contributed by atoms with Crippen LogP contribution < -0.4 is 5.32 Å². The van der Waals surface area contributed by atoms with Crippen LogP contribution in [0.15, 0.2) is 30.3 Å². The number of carbonyl (C=O) groups is 3. The van der Waals surface area contributed by atoms with Gasteiger partial charge in [-0.2, -0.15) is 4.79 Å². The zero-order chi connectivity index (χ0) is 21.2. The zero-order valence-corrected chi connectivity index (χ0v) is 16.8. The summed E-state index contributed by atoms with van der Waals surface area (Å²) in [6, 6.07) is 8.43. The van der Waals surface area contributed by atoms with Gasteiger partial charge < -0.3 is 20.3 Å². The minimum Gasteiger partial charge on any atom is -0.481 e. The van der Waals surface area contributed by atoms with Gasteiger partial charge in [0, 0.05) is 5.56 Å². The Labute approximate surface area is 164 Å². The Morgan fingerprint density at radius 1 is 1.21 bits per heavy atom. The van der Waals surface area contributed by atoms with Crippen LogP contribution in [0.3, 0.4) is 0 Å². The van der Waals surface area contributed by atoms with Crippen molar-refractivity contribution in [2.45, 2.75) is 52.3 Å². The second kappa shape index (κ2) is 7.79. The Morgan fingerprint density at radius 2 is 1.82 bits per heavy atom. The van der Waals surface area contributed by atoms with Crippen LogP contribution >= 0.6 is 0 Å². The summed E-state index contributed by atoms with van der Waals surface area (Å²) < 4.78 is 4.79. The van der Waals surface area contributed by atoms with Gasteiger partial charge in [-0.25, -0.2) is 9.28 Å². The maximum absolute atomic E-state index is 12.3. The van der Waals surface area contributed by atoms with E-state index in [-0.39, 0.29) is 26.1 Å². The Kier molecular flexibility index (Phi) is 6.03. The van der Waals surface area contributed by atoms with Crippen LogP contribution in [0.1, 0.15) is 39.7 Å². The lowest BCUT2D eigenvalue weighted by molar-refractivity contribution is -0.882. The van der Waals surface area contributed by atoms with Gasteiger partial charge in [-0.1, -0.05) is 30.3 Å². The summed E-state index contributed by atoms with van der Waals surface area (Å²) in [6.07, 6.45) is -1.67. The number of ether oxygens (including phenoxy) is 1. The molecule has 28 heavy (non-hydrogen) atoms. The number of nitrogens with zero attached hydrogens (tertiary/aromatic N) is 1. The molecule has 3 atom stereocenters. The highest BCUT2D eigenvalue weighted by atomic mass is 16.6. The molecule has 0 spiro atoms. The van der Waals surface area contributed by atoms with Crippen molar-refractivity contribution in [2.75, 3.05) is 13.1 Å². The fourth-order valence-corrected chi connectivity index (χ4v) is 3.82. The number of hydrogen-bond acceptors (Lipinski definition) is 4. The van der Waals surface area contributed by atoms with Gasteiger partial charge in [-0.05, 0) is 34.1 Å². The average molecular weight is 393 g/mol. The molecule has 1 aromatic rings. The van der Waals surface area contributed by atoms with E-state index in [0.717, 1.165) is 5.56 Å². The molecule has 1 aliphatic rings. The molecule has 0 bridgehead atoms. The van der Waals surface area contributed by atoms with E-state index in [9.17, 15) is 24.6 Å². The van der Waals surface area contributed by atoms with Crippen molar-refractivity contribution in [1.82, 2.24) is 5.32 Å². The maximum atomic E-state index is 12.3. The average Bonchev–Trinajstić information content (AvgIpc) is 2.53. The van der Waals surface area contributed by atoms with Crippen LogP contribution in [0.5, 0.6) is 0 Å². The number of rotatable bonds is 4. The summed E-state index contributed by atoms with van der Waals surface area (Å²) in [7, 11) is 0. The highest BCUT2D eigenvalue weighted by molar-refractivity contribution is 5.75. The van der Waals surface area contributed by atoms with Gasteiger partial charge >= 0.3 is 18.2 Å². The lowest BCUT2D eigenvalue weighted by Gasteiger charge is -2.46. The molecule has 0 saturated carbocycles. The van der Waals surface area contributed by atoms with E-state index in [1.165, 1.54) is 6.92 Å². The van der Waals surface area contributed by atoms with Crippen molar-refractivity contribution in [1.29, 1.82) is 0 Å². The predicted molar refractivity (Wildman–Crippen MR) is 102 cm³/mol. The molecular weight excluding hydrogens is 364 g/mol. The van der Waals surface area contributed by atoms with Gasteiger partial charge in [0.2, 0.25) is 0 Å². The number of likely N-dealkylation sites (tertiary alicyclic amines) is 1. The summed E-state index contributed by atoms with van der Waals surface area (Å²) in [5, 5.41) is 22.5. The largest absolute Gasteiger partial charge is 0.513 e. The Bertz CT molecular complexity index is 745. The van der Waals surface area contributed by atoms with Gasteiger partial charge in [-0.3, -0.25) is 4.79 Å². The number of carboxylic acid groups (broad SMARTS) is 2. The molecule has 1 aliphatic heterocycles. The standard InChI is InChI=1S/C20H28N2O6/c1-19(2,3)28-17(25)21-15-10-20(4,16(23)24)13-22(12-15,18(26)27)11-14-8-6-5-7-9-14/h5-9,15H,10-13H2,1-4H3,(H2-,21,23,24,25,26,27)/p+1/t15?,20-,22+/m0/s1. The summed E-state index contributed by atoms with van der Waals surface area (Å²) in [6.45, 7) is 6.83. The van der Waals surface area contributed by atoms with Gasteiger partial charge in [0.1, 0.15) is 30.7 Å². The number of aliphatic carboxylic acids is 1. The van der Waals surface area contributed by atoms with E-state index in [1.54, 1.807) is 20.8 Å². The molecule has 8 heteroatoms. The first-order chi connectivity index (χ1) is 12.9. The summed E-state index contributed by atoms with van der Waals surface area (Å²) in [5.41, 5.74) is -1.22. The van der Waals surface area contributed by atoms with Crippen LogP contribution in [0, 0.1) is 5.41 Å². The van der Waals surface area contributed by atoms with E-state index < -0.39 is 39.7 Å². The second-order valence-corrected chi connectivity index (χ2v) is 8.83. The number of alkyl carbamates (subject to hydrolysis) is 1. The highest BCUT2D eigenvalue weighted by Gasteiger charge is 2.55. The number of carbonyl (C=O) groups excluding carboxylic acids is 1. The number of nitrogens with one attached hydrogen (secondary N) is 1. The predicted octanol–water partition coefficient (Wildman–Crippen LogP) is 3.07. The molecule has 0 radical (unpaired) electrons. The lowest BCUT2D eigenvalue weighted by atomic mass is 9.78. The van der Waals surface area contributed by atoms with Gasteiger partial charge in [-0.15, -0.1) is 0 Å². The van der Waals surface area contributed by atoms with Crippen LogP contribution in [0.4, 0.5) is 9.59 Å². The third-order valence-corrected chi connectivity index (χ3v) is 4.89. The lowest BCUT2D eigenvalue weighted by Crippen LogP contribution is -2.67. The molecule has 1 fully saturated rings. The van der Waals surface area contributed by atoms with Crippen molar-refractivity contribution >= 4 is 18.2 Å². The van der Waals surface area contributed by atoms with Crippen molar-refractivity contribution in [2.24, 2.45) is 5.41 Å². The normalized spacial score (nSPS) is 27.6. The van der Waals surface area contributed by atoms with Crippen molar-refractivity contribution < 1.29 is 33.8 Å². The zero-order valence-electron chi connectivity index (χ0n) is 16.8. The van der Waals surface area contributed by atoms with E-state index in [2.05, 4.69) is 5.32 Å². The molecule has 0 aliphatic carbocycles. The Balaban J connectivity index is 2.34. The molecule has 1 heterocycles. The Hall–Kier alpha value is -2.61. The summed E-state index contributed by atoms with van der Waals surface area (Å²) in [4.78, 5) is 36.5. The van der Waals surface area contributed by atoms with Crippen molar-refractivity contribution in [3.63, 3.8) is 0 Å². The van der Waals surface area contributed by atoms with Crippen LogP contribution in [0.25, 0.3) is 0 Å². The fourth-order valence-electron chi connectivity index (χ4n) is 3.82. The van der Waals surface area contributed by atoms with E-state index in [1.807, 2.05) is 30.3 Å². The molecule has 8 nitrogen and oxygen atoms in total. The quantitative estimate of drug-likeness (QED) is 0.678. The van der Waals surface area contributed by atoms with Crippen molar-refractivity contribution in [3.05, 3.63) is 35.9 Å². The van der Waals surface area contributed by atoms with E-state index in [0.29, 0.717) is 0 Å². The number of benzene rings is 1. The molecule has 1 saturated heterocycles. The van der Waals surface area contributed by atoms with Crippen LogP contribution in [-0.4, -0.2) is 57.6 Å². The SMILES string of the molecule is CC(C)(C)OC(=O)NC1C[C@](C)(C(=O)O)C[N@+](Cc2ccccc2)(C(=O)O)C1. The van der Waals surface area contributed by atoms with Gasteiger partial charge in [0.15, 0.2) is 0 Å². The molecule has 1 unspecified atom stereocenters. The third kappa shape index (κ3) is 5.22. The number of quaternary nitrogens is 1. The molecular formula is C20H29N2O6+. The fraction of sp³-hybridized carbons (Fsp3) is 0.550. The summed E-state index contributed by atoms with van der Waals surface area (Å²) >= 11 is 0. The second-order valence-electron chi connectivity index (χ2n) is 8.83. The maximum Gasteiger partial charge on any atom is 0.513 e. The number of carboxylic acids is 1. The van der Waals surface area contributed by atoms with Gasteiger partial charge in [0.25, 0.3) is 0 Å². The highest BCUT2D eigenvalue weighted by Crippen LogP contribution is 2.36. The molecule has 3 N–H and O–H groups in total. The number of piperidine rings is 1. The van der Waals surface area contributed by atoms with Crippen molar-refractivity contribution in [3.8, 4) is 0 Å². The number of amides is 2. The third-order valence-electron chi connectivity index (χ3n) is 4.89. The molecule has 2 rings (SSSR count). The number of hydrogen-bond donors (Lipinski definition) is 3. The monoisotopic (exact) mass is 393 g/mol. The van der Waals surface area contributed by atoms with Crippen LogP contribution in [0.2, 0.25) is 0 Å². The van der Waals surface area contributed by atoms with E-state index >= 15 is 0 Å². The van der Waals surface area contributed by atoms with Gasteiger partial charge in [0.05, 0.1) is 6.04 Å². The first kappa shape index (κ1) is 21.7. The molecule has 1 aromatic carbocycles.